The molecule has 1 saturated heterocycles. The molecule has 1 aliphatic heterocycles. The first-order valence-corrected chi connectivity index (χ1v) is 12.7. The summed E-state index contributed by atoms with van der Waals surface area (Å²) in [4.78, 5) is 14.8. The number of benzene rings is 2. The zero-order chi connectivity index (χ0) is 23.4. The number of carbonyl (C=O) groups excluding carboxylic acids is 1. The molecule has 4 rings (SSSR count). The summed E-state index contributed by atoms with van der Waals surface area (Å²) in [5, 5.41) is 4.39. The molecule has 1 N–H and O–H groups in total. The Kier molecular flexibility index (Phi) is 6.96. The first-order chi connectivity index (χ1) is 15.9. The zero-order valence-electron chi connectivity index (χ0n) is 18.0. The fourth-order valence-electron chi connectivity index (χ4n) is 3.69. The van der Waals surface area contributed by atoms with Gasteiger partial charge in [0, 0.05) is 32.7 Å². The standard InChI is InChI=1S/C23H24FN3O4S2/c1-31-18-8-6-17(7-9-18)16-25-23(28)22-21(10-15-32-22)33(29,30)27-13-11-26(12-14-27)20-5-3-2-4-19(20)24/h2-10,15H,11-14,16H2,1H3,(H,25,28). The molecule has 0 atom stereocenters. The lowest BCUT2D eigenvalue weighted by atomic mass is 10.2. The minimum Gasteiger partial charge on any atom is -0.497 e. The number of para-hydroxylation sites is 1. The molecule has 0 spiro atoms. The van der Waals surface area contributed by atoms with Gasteiger partial charge in [-0.25, -0.2) is 12.8 Å². The second kappa shape index (κ2) is 9.90. The molecule has 0 saturated carbocycles. The van der Waals surface area contributed by atoms with Crippen molar-refractivity contribution in [3.8, 4) is 5.75 Å². The molecule has 7 nitrogen and oxygen atoms in total. The molecule has 0 unspecified atom stereocenters. The van der Waals surface area contributed by atoms with Crippen molar-refractivity contribution in [2.45, 2.75) is 11.4 Å². The molecule has 1 fully saturated rings. The summed E-state index contributed by atoms with van der Waals surface area (Å²) in [6.45, 7) is 1.41. The third kappa shape index (κ3) is 5.02. The highest BCUT2D eigenvalue weighted by Crippen LogP contribution is 2.28. The summed E-state index contributed by atoms with van der Waals surface area (Å²) in [5.74, 6) is -0.0568. The van der Waals surface area contributed by atoms with E-state index in [4.69, 9.17) is 4.74 Å². The molecule has 0 bridgehead atoms. The summed E-state index contributed by atoms with van der Waals surface area (Å²) in [7, 11) is -2.28. The van der Waals surface area contributed by atoms with E-state index in [0.717, 1.165) is 16.9 Å². The average molecular weight is 490 g/mol. The normalized spacial score (nSPS) is 14.8. The molecule has 1 aliphatic rings. The van der Waals surface area contributed by atoms with Gasteiger partial charge < -0.3 is 15.0 Å². The number of sulfonamides is 1. The van der Waals surface area contributed by atoms with Crippen LogP contribution in [0, 0.1) is 5.82 Å². The summed E-state index contributed by atoms with van der Waals surface area (Å²) in [6, 6.07) is 15.2. The van der Waals surface area contributed by atoms with Crippen molar-refractivity contribution in [1.29, 1.82) is 0 Å². The van der Waals surface area contributed by atoms with Crippen LogP contribution in [0.4, 0.5) is 10.1 Å². The molecular weight excluding hydrogens is 465 g/mol. The van der Waals surface area contributed by atoms with Crippen molar-refractivity contribution in [3.05, 3.63) is 76.2 Å². The third-order valence-electron chi connectivity index (χ3n) is 5.50. The Hall–Kier alpha value is -2.95. The number of nitrogens with one attached hydrogen (secondary N) is 1. The van der Waals surface area contributed by atoms with E-state index in [1.54, 1.807) is 42.8 Å². The maximum Gasteiger partial charge on any atom is 0.263 e. The number of halogens is 1. The second-order valence-corrected chi connectivity index (χ2v) is 10.3. The van der Waals surface area contributed by atoms with Crippen molar-refractivity contribution < 1.29 is 22.3 Å². The number of rotatable bonds is 7. The quantitative estimate of drug-likeness (QED) is 0.551. The number of amides is 1. The third-order valence-corrected chi connectivity index (χ3v) is 8.48. The Bertz CT molecular complexity index is 1220. The van der Waals surface area contributed by atoms with Gasteiger partial charge in [-0.3, -0.25) is 4.79 Å². The van der Waals surface area contributed by atoms with Gasteiger partial charge in [-0.2, -0.15) is 4.31 Å². The molecule has 0 aliphatic carbocycles. The van der Waals surface area contributed by atoms with Gasteiger partial charge in [0.05, 0.1) is 12.8 Å². The van der Waals surface area contributed by atoms with Crippen molar-refractivity contribution in [1.82, 2.24) is 9.62 Å². The summed E-state index contributed by atoms with van der Waals surface area (Å²) >= 11 is 1.09. The van der Waals surface area contributed by atoms with Gasteiger partial charge in [0.15, 0.2) is 0 Å². The lowest BCUT2D eigenvalue weighted by molar-refractivity contribution is 0.0952. The number of anilines is 1. The first kappa shape index (κ1) is 23.2. The Morgan fingerprint density at radius 3 is 2.42 bits per heavy atom. The molecule has 3 aromatic rings. The van der Waals surface area contributed by atoms with E-state index in [2.05, 4.69) is 5.32 Å². The van der Waals surface area contributed by atoms with E-state index in [1.807, 2.05) is 17.0 Å². The summed E-state index contributed by atoms with van der Waals surface area (Å²) in [5.41, 5.74) is 1.33. The smallest absolute Gasteiger partial charge is 0.263 e. The van der Waals surface area contributed by atoms with Gasteiger partial charge in [0.2, 0.25) is 10.0 Å². The number of nitrogens with zero attached hydrogens (tertiary/aromatic N) is 2. The highest BCUT2D eigenvalue weighted by molar-refractivity contribution is 7.89. The molecule has 2 heterocycles. The fourth-order valence-corrected chi connectivity index (χ4v) is 6.43. The molecule has 10 heteroatoms. The van der Waals surface area contributed by atoms with Crippen molar-refractivity contribution in [2.24, 2.45) is 0 Å². The maximum atomic E-state index is 14.1. The topological polar surface area (TPSA) is 78.9 Å². The summed E-state index contributed by atoms with van der Waals surface area (Å²) in [6.07, 6.45) is 0. The van der Waals surface area contributed by atoms with Crippen molar-refractivity contribution >= 4 is 33.0 Å². The van der Waals surface area contributed by atoms with Crippen molar-refractivity contribution in [2.75, 3.05) is 38.2 Å². The summed E-state index contributed by atoms with van der Waals surface area (Å²) < 4.78 is 47.1. The van der Waals surface area contributed by atoms with Crippen LogP contribution >= 0.6 is 11.3 Å². The van der Waals surface area contributed by atoms with E-state index in [1.165, 1.54) is 16.4 Å². The Labute approximate surface area is 196 Å². The van der Waals surface area contributed by atoms with Crippen LogP contribution < -0.4 is 15.0 Å². The van der Waals surface area contributed by atoms with Crippen molar-refractivity contribution in [3.63, 3.8) is 0 Å². The molecule has 174 valence electrons. The van der Waals surface area contributed by atoms with Crippen LogP contribution in [-0.2, 0) is 16.6 Å². The number of carbonyl (C=O) groups is 1. The average Bonchev–Trinajstić information content (AvgIpc) is 3.34. The van der Waals surface area contributed by atoms with Crippen LogP contribution in [0.15, 0.2) is 64.9 Å². The minimum atomic E-state index is -3.86. The molecule has 2 aromatic carbocycles. The number of thiophene rings is 1. The zero-order valence-corrected chi connectivity index (χ0v) is 19.7. The van der Waals surface area contributed by atoms with Gasteiger partial charge in [-0.05, 0) is 41.3 Å². The second-order valence-electron chi connectivity index (χ2n) is 7.49. The highest BCUT2D eigenvalue weighted by Gasteiger charge is 2.33. The largest absolute Gasteiger partial charge is 0.497 e. The van der Waals surface area contributed by atoms with E-state index >= 15 is 0 Å². The van der Waals surface area contributed by atoms with Crippen LogP contribution in [0.5, 0.6) is 5.75 Å². The molecular formula is C23H24FN3O4S2. The van der Waals surface area contributed by atoms with Crippen LogP contribution in [-0.4, -0.2) is 51.9 Å². The maximum absolute atomic E-state index is 14.1. The number of hydrogen-bond donors (Lipinski definition) is 1. The predicted molar refractivity (Wildman–Crippen MR) is 126 cm³/mol. The number of methoxy groups -OCH3 is 1. The van der Waals surface area contributed by atoms with E-state index in [0.29, 0.717) is 24.5 Å². The highest BCUT2D eigenvalue weighted by atomic mass is 32.2. The number of piperazine rings is 1. The molecule has 1 amide bonds. The lowest BCUT2D eigenvalue weighted by Gasteiger charge is -2.35. The number of ether oxygens (including phenoxy) is 1. The van der Waals surface area contributed by atoms with Gasteiger partial charge in [-0.15, -0.1) is 11.3 Å². The molecule has 33 heavy (non-hydrogen) atoms. The fraction of sp³-hybridized carbons (Fsp3) is 0.261. The van der Waals surface area contributed by atoms with Crippen LogP contribution in [0.1, 0.15) is 15.2 Å². The van der Waals surface area contributed by atoms with Gasteiger partial charge in [0.25, 0.3) is 5.91 Å². The van der Waals surface area contributed by atoms with E-state index in [-0.39, 0.29) is 35.2 Å². The molecule has 1 aromatic heterocycles. The molecule has 0 radical (unpaired) electrons. The van der Waals surface area contributed by atoms with Gasteiger partial charge in [0.1, 0.15) is 21.3 Å². The van der Waals surface area contributed by atoms with E-state index < -0.39 is 15.9 Å². The van der Waals surface area contributed by atoms with Gasteiger partial charge >= 0.3 is 0 Å². The predicted octanol–water partition coefficient (Wildman–Crippen LogP) is 3.34. The van der Waals surface area contributed by atoms with Gasteiger partial charge in [-0.1, -0.05) is 24.3 Å². The Morgan fingerprint density at radius 2 is 1.76 bits per heavy atom. The Morgan fingerprint density at radius 1 is 1.06 bits per heavy atom. The van der Waals surface area contributed by atoms with E-state index in [9.17, 15) is 17.6 Å². The van der Waals surface area contributed by atoms with Crippen LogP contribution in [0.2, 0.25) is 0 Å². The minimum absolute atomic E-state index is 0.000859. The Balaban J connectivity index is 1.42. The first-order valence-electron chi connectivity index (χ1n) is 10.4. The SMILES string of the molecule is COc1ccc(CNC(=O)c2sccc2S(=O)(=O)N2CCN(c3ccccc3F)CC2)cc1. The lowest BCUT2D eigenvalue weighted by Crippen LogP contribution is -2.49. The van der Waals surface area contributed by atoms with Crippen LogP contribution in [0.3, 0.4) is 0 Å². The monoisotopic (exact) mass is 489 g/mol. The number of hydrogen-bond acceptors (Lipinski definition) is 6. The van der Waals surface area contributed by atoms with Crippen LogP contribution in [0.25, 0.3) is 0 Å².